The zero-order valence-electron chi connectivity index (χ0n) is 14.0. The lowest BCUT2D eigenvalue weighted by atomic mass is 10.1. The Kier molecular flexibility index (Phi) is 6.16. The highest BCUT2D eigenvalue weighted by molar-refractivity contribution is 9.10. The van der Waals surface area contributed by atoms with Crippen molar-refractivity contribution in [3.05, 3.63) is 56.5 Å². The molecule has 0 unspecified atom stereocenters. The summed E-state index contributed by atoms with van der Waals surface area (Å²) in [4.78, 5) is 12.2. The standard InChI is InChI=1S/C18H15Br2N3O2S/c1-10-7-14(20)15(8-11(10)2)21-16(24)9-26-18-23-22-17(25-18)12-3-5-13(19)6-4-12/h3-8H,9H2,1-2H3,(H,21,24). The number of carbonyl (C=O) groups excluding carboxylic acids is 1. The molecule has 1 aromatic heterocycles. The summed E-state index contributed by atoms with van der Waals surface area (Å²) in [5, 5.41) is 11.3. The highest BCUT2D eigenvalue weighted by atomic mass is 79.9. The van der Waals surface area contributed by atoms with Crippen molar-refractivity contribution < 1.29 is 9.21 Å². The first kappa shape index (κ1) is 19.1. The Labute approximate surface area is 172 Å². The second kappa shape index (κ2) is 8.37. The van der Waals surface area contributed by atoms with Gasteiger partial charge in [0.1, 0.15) is 0 Å². The van der Waals surface area contributed by atoms with E-state index in [1.807, 2.05) is 50.2 Å². The molecular weight excluding hydrogens is 482 g/mol. The molecule has 1 amide bonds. The summed E-state index contributed by atoms with van der Waals surface area (Å²) in [6.45, 7) is 4.04. The zero-order chi connectivity index (χ0) is 18.7. The topological polar surface area (TPSA) is 68.0 Å². The van der Waals surface area contributed by atoms with Crippen molar-refractivity contribution in [3.8, 4) is 11.5 Å². The first-order valence-corrected chi connectivity index (χ1v) is 10.3. The number of hydrogen-bond donors (Lipinski definition) is 1. The van der Waals surface area contributed by atoms with Crippen molar-refractivity contribution in [3.63, 3.8) is 0 Å². The van der Waals surface area contributed by atoms with E-state index in [2.05, 4.69) is 47.4 Å². The van der Waals surface area contributed by atoms with Gasteiger partial charge in [-0.1, -0.05) is 27.7 Å². The molecule has 0 aliphatic heterocycles. The fourth-order valence-electron chi connectivity index (χ4n) is 2.17. The Balaban J connectivity index is 1.60. The van der Waals surface area contributed by atoms with Gasteiger partial charge in [0.2, 0.25) is 11.8 Å². The smallest absolute Gasteiger partial charge is 0.277 e. The van der Waals surface area contributed by atoms with Gasteiger partial charge in [-0.05, 0) is 77.3 Å². The van der Waals surface area contributed by atoms with Crippen LogP contribution in [0.5, 0.6) is 0 Å². The maximum Gasteiger partial charge on any atom is 0.277 e. The normalized spacial score (nSPS) is 10.8. The number of nitrogens with zero attached hydrogens (tertiary/aromatic N) is 2. The Morgan fingerprint density at radius 2 is 1.81 bits per heavy atom. The van der Waals surface area contributed by atoms with Crippen LogP contribution in [0.15, 0.2) is 55.0 Å². The molecule has 26 heavy (non-hydrogen) atoms. The quantitative estimate of drug-likeness (QED) is 0.465. The number of carbonyl (C=O) groups is 1. The van der Waals surface area contributed by atoms with Crippen LogP contribution in [0, 0.1) is 13.8 Å². The van der Waals surface area contributed by atoms with Gasteiger partial charge in [0.05, 0.1) is 11.4 Å². The number of nitrogens with one attached hydrogen (secondary N) is 1. The molecule has 3 rings (SSSR count). The summed E-state index contributed by atoms with van der Waals surface area (Å²) >= 11 is 8.06. The fraction of sp³-hybridized carbons (Fsp3) is 0.167. The number of hydrogen-bond acceptors (Lipinski definition) is 5. The average molecular weight is 497 g/mol. The lowest BCUT2D eigenvalue weighted by Crippen LogP contribution is -2.14. The molecule has 2 aromatic carbocycles. The number of rotatable bonds is 5. The van der Waals surface area contributed by atoms with E-state index in [1.54, 1.807) is 0 Å². The number of aryl methyl sites for hydroxylation is 2. The molecular formula is C18H15Br2N3O2S. The van der Waals surface area contributed by atoms with E-state index in [4.69, 9.17) is 4.42 Å². The van der Waals surface area contributed by atoms with Crippen LogP contribution in [0.4, 0.5) is 5.69 Å². The van der Waals surface area contributed by atoms with Gasteiger partial charge in [0.25, 0.3) is 5.22 Å². The van der Waals surface area contributed by atoms with E-state index in [0.717, 1.165) is 31.3 Å². The molecule has 0 fully saturated rings. The summed E-state index contributed by atoms with van der Waals surface area (Å²) in [5.74, 6) is 0.473. The van der Waals surface area contributed by atoms with Crippen LogP contribution < -0.4 is 5.32 Å². The van der Waals surface area contributed by atoms with Gasteiger partial charge in [-0.25, -0.2) is 0 Å². The van der Waals surface area contributed by atoms with Crippen LogP contribution in [0.25, 0.3) is 11.5 Å². The monoisotopic (exact) mass is 495 g/mol. The minimum Gasteiger partial charge on any atom is -0.411 e. The number of aromatic nitrogens is 2. The van der Waals surface area contributed by atoms with E-state index < -0.39 is 0 Å². The fourth-order valence-corrected chi connectivity index (χ4v) is 3.55. The summed E-state index contributed by atoms with van der Waals surface area (Å²) in [6.07, 6.45) is 0. The minimum absolute atomic E-state index is 0.137. The lowest BCUT2D eigenvalue weighted by Gasteiger charge is -2.09. The second-order valence-electron chi connectivity index (χ2n) is 5.63. The van der Waals surface area contributed by atoms with E-state index in [9.17, 15) is 4.79 Å². The largest absolute Gasteiger partial charge is 0.411 e. The Hall–Kier alpha value is -1.64. The third-order valence-corrected chi connectivity index (χ3v) is 5.69. The number of halogens is 2. The molecule has 3 aromatic rings. The van der Waals surface area contributed by atoms with Crippen LogP contribution >= 0.6 is 43.6 Å². The Morgan fingerprint density at radius 3 is 2.54 bits per heavy atom. The lowest BCUT2D eigenvalue weighted by molar-refractivity contribution is -0.113. The van der Waals surface area contributed by atoms with Gasteiger partial charge in [0.15, 0.2) is 0 Å². The van der Waals surface area contributed by atoms with E-state index in [0.29, 0.717) is 11.1 Å². The van der Waals surface area contributed by atoms with Gasteiger partial charge in [-0.2, -0.15) is 0 Å². The SMILES string of the molecule is Cc1cc(Br)c(NC(=O)CSc2nnc(-c3ccc(Br)cc3)o2)cc1C. The molecule has 0 bridgehead atoms. The maximum atomic E-state index is 12.2. The van der Waals surface area contributed by atoms with Gasteiger partial charge >= 0.3 is 0 Å². The highest BCUT2D eigenvalue weighted by Crippen LogP contribution is 2.27. The van der Waals surface area contributed by atoms with Gasteiger partial charge in [-0.15, -0.1) is 10.2 Å². The molecule has 0 saturated heterocycles. The summed E-state index contributed by atoms with van der Waals surface area (Å²) in [7, 11) is 0. The van der Waals surface area contributed by atoms with E-state index >= 15 is 0 Å². The van der Waals surface area contributed by atoms with Crippen molar-refractivity contribution in [1.82, 2.24) is 10.2 Å². The minimum atomic E-state index is -0.137. The Morgan fingerprint density at radius 1 is 1.12 bits per heavy atom. The van der Waals surface area contributed by atoms with Crippen LogP contribution in [0.3, 0.4) is 0 Å². The number of thioether (sulfide) groups is 1. The van der Waals surface area contributed by atoms with Crippen molar-refractivity contribution in [2.45, 2.75) is 19.1 Å². The predicted octanol–water partition coefficient (Wildman–Crippen LogP) is 5.61. The molecule has 1 N–H and O–H groups in total. The van der Waals surface area contributed by atoms with Crippen molar-refractivity contribution in [2.24, 2.45) is 0 Å². The predicted molar refractivity (Wildman–Crippen MR) is 110 cm³/mol. The summed E-state index contributed by atoms with van der Waals surface area (Å²) in [6, 6.07) is 11.5. The molecule has 1 heterocycles. The van der Waals surface area contributed by atoms with E-state index in [1.165, 1.54) is 11.8 Å². The van der Waals surface area contributed by atoms with E-state index in [-0.39, 0.29) is 11.7 Å². The highest BCUT2D eigenvalue weighted by Gasteiger charge is 2.12. The van der Waals surface area contributed by atoms with Crippen LogP contribution in [-0.4, -0.2) is 21.9 Å². The van der Waals surface area contributed by atoms with Crippen molar-refractivity contribution in [1.29, 1.82) is 0 Å². The summed E-state index contributed by atoms with van der Waals surface area (Å²) < 4.78 is 7.44. The van der Waals surface area contributed by atoms with Crippen LogP contribution in [-0.2, 0) is 4.79 Å². The zero-order valence-corrected chi connectivity index (χ0v) is 18.0. The van der Waals surface area contributed by atoms with Gasteiger partial charge in [0, 0.05) is 14.5 Å². The third-order valence-electron chi connectivity index (χ3n) is 3.68. The van der Waals surface area contributed by atoms with Gasteiger partial charge in [-0.3, -0.25) is 4.79 Å². The van der Waals surface area contributed by atoms with Gasteiger partial charge < -0.3 is 9.73 Å². The van der Waals surface area contributed by atoms with Crippen LogP contribution in [0.2, 0.25) is 0 Å². The third kappa shape index (κ3) is 4.75. The number of amides is 1. The molecule has 0 saturated carbocycles. The molecule has 0 aliphatic rings. The second-order valence-corrected chi connectivity index (χ2v) is 8.33. The average Bonchev–Trinajstić information content (AvgIpc) is 3.07. The van der Waals surface area contributed by atoms with Crippen LogP contribution in [0.1, 0.15) is 11.1 Å². The molecule has 134 valence electrons. The number of benzene rings is 2. The first-order valence-electron chi connectivity index (χ1n) is 7.71. The Bertz CT molecular complexity index is 942. The molecule has 0 aliphatic carbocycles. The molecule has 0 atom stereocenters. The molecule has 0 spiro atoms. The molecule has 8 heteroatoms. The number of anilines is 1. The molecule has 5 nitrogen and oxygen atoms in total. The summed E-state index contributed by atoms with van der Waals surface area (Å²) in [5.41, 5.74) is 3.86. The first-order chi connectivity index (χ1) is 12.4. The molecule has 0 radical (unpaired) electrons. The maximum absolute atomic E-state index is 12.2. The van der Waals surface area contributed by atoms with Crippen molar-refractivity contribution >= 4 is 55.2 Å². The van der Waals surface area contributed by atoms with Crippen molar-refractivity contribution in [2.75, 3.05) is 11.1 Å².